The van der Waals surface area contributed by atoms with Crippen molar-refractivity contribution in [3.05, 3.63) is 0 Å². The SMILES string of the molecule is Br.COC(C)=O.[Zn]. The van der Waals surface area contributed by atoms with Gasteiger partial charge in [0.1, 0.15) is 0 Å². The number of hydrogen-bond donors (Lipinski definition) is 0. The summed E-state index contributed by atoms with van der Waals surface area (Å²) in [6.45, 7) is 1.36. The van der Waals surface area contributed by atoms with Crippen LogP contribution in [0.5, 0.6) is 0 Å². The van der Waals surface area contributed by atoms with Crippen molar-refractivity contribution in [2.24, 2.45) is 0 Å². The molecule has 0 N–H and O–H groups in total. The Kier molecular flexibility index (Phi) is 21.8. The van der Waals surface area contributed by atoms with Gasteiger partial charge in [-0.15, -0.1) is 17.0 Å². The van der Waals surface area contributed by atoms with E-state index in [-0.39, 0.29) is 42.4 Å². The molecule has 0 heterocycles. The van der Waals surface area contributed by atoms with E-state index in [0.29, 0.717) is 0 Å². The Labute approximate surface area is 66.1 Å². The monoisotopic (exact) mass is 218 g/mol. The van der Waals surface area contributed by atoms with Crippen molar-refractivity contribution in [1.82, 2.24) is 0 Å². The van der Waals surface area contributed by atoms with Gasteiger partial charge in [0.05, 0.1) is 7.11 Å². The largest absolute Gasteiger partial charge is 0.469 e. The fraction of sp³-hybridized carbons (Fsp3) is 0.667. The summed E-state index contributed by atoms with van der Waals surface area (Å²) in [5.74, 6) is -0.245. The fourth-order valence-corrected chi connectivity index (χ4v) is 0. The van der Waals surface area contributed by atoms with Gasteiger partial charge in [-0.25, -0.2) is 0 Å². The normalized spacial score (nSPS) is 4.86. The molecule has 0 aliphatic heterocycles. The van der Waals surface area contributed by atoms with Gasteiger partial charge in [-0.05, 0) is 0 Å². The van der Waals surface area contributed by atoms with E-state index in [1.54, 1.807) is 0 Å². The zero-order valence-electron chi connectivity index (χ0n) is 4.43. The summed E-state index contributed by atoms with van der Waals surface area (Å²) in [7, 11) is 1.35. The van der Waals surface area contributed by atoms with Crippen molar-refractivity contribution in [3.8, 4) is 0 Å². The first kappa shape index (κ1) is 15.6. The Bertz CT molecular complexity index is 48.2. The molecule has 0 aliphatic rings. The summed E-state index contributed by atoms with van der Waals surface area (Å²) in [5, 5.41) is 0. The summed E-state index contributed by atoms with van der Waals surface area (Å²) >= 11 is 0. The molecule has 0 unspecified atom stereocenters. The van der Waals surface area contributed by atoms with Crippen molar-refractivity contribution in [1.29, 1.82) is 0 Å². The number of halogens is 1. The minimum Gasteiger partial charge on any atom is -0.469 e. The van der Waals surface area contributed by atoms with Gasteiger partial charge in [0.2, 0.25) is 0 Å². The van der Waals surface area contributed by atoms with Crippen LogP contribution >= 0.6 is 17.0 Å². The zero-order chi connectivity index (χ0) is 4.28. The van der Waals surface area contributed by atoms with Crippen LogP contribution in [0.1, 0.15) is 6.92 Å². The van der Waals surface area contributed by atoms with E-state index in [2.05, 4.69) is 4.74 Å². The minimum atomic E-state index is -0.245. The average molecular weight is 220 g/mol. The molecule has 0 bridgehead atoms. The molecule has 0 rings (SSSR count). The number of rotatable bonds is 0. The predicted octanol–water partition coefficient (Wildman–Crippen LogP) is 0.755. The number of carbonyl (C=O) groups excluding carboxylic acids is 1. The second-order valence-electron chi connectivity index (χ2n) is 0.696. The average Bonchev–Trinajstić information content (AvgIpc) is 1.38. The van der Waals surface area contributed by atoms with Crippen LogP contribution in [-0.2, 0) is 29.0 Å². The van der Waals surface area contributed by atoms with Gasteiger partial charge < -0.3 is 4.74 Å². The summed E-state index contributed by atoms with van der Waals surface area (Å²) in [5.41, 5.74) is 0. The van der Waals surface area contributed by atoms with E-state index in [1.165, 1.54) is 14.0 Å². The molecule has 0 aromatic heterocycles. The summed E-state index contributed by atoms with van der Waals surface area (Å²) in [4.78, 5) is 9.59. The molecule has 0 fully saturated rings. The maximum absolute atomic E-state index is 9.59. The van der Waals surface area contributed by atoms with Crippen molar-refractivity contribution < 1.29 is 29.0 Å². The Balaban J connectivity index is -0.0000000800. The van der Waals surface area contributed by atoms with E-state index in [4.69, 9.17) is 0 Å². The first-order valence-electron chi connectivity index (χ1n) is 1.32. The molecule has 0 saturated heterocycles. The van der Waals surface area contributed by atoms with Crippen molar-refractivity contribution in [2.45, 2.75) is 6.92 Å². The topological polar surface area (TPSA) is 26.3 Å². The summed E-state index contributed by atoms with van der Waals surface area (Å²) in [6.07, 6.45) is 0. The van der Waals surface area contributed by atoms with Crippen LogP contribution in [0.25, 0.3) is 0 Å². The van der Waals surface area contributed by atoms with E-state index >= 15 is 0 Å². The molecule has 0 saturated carbocycles. The van der Waals surface area contributed by atoms with Crippen LogP contribution < -0.4 is 0 Å². The van der Waals surface area contributed by atoms with Crippen molar-refractivity contribution >= 4 is 23.0 Å². The van der Waals surface area contributed by atoms with E-state index in [0.717, 1.165) is 0 Å². The Morgan fingerprint density at radius 2 is 1.71 bits per heavy atom. The number of methoxy groups -OCH3 is 1. The van der Waals surface area contributed by atoms with Gasteiger partial charge in [0.25, 0.3) is 0 Å². The summed E-state index contributed by atoms with van der Waals surface area (Å²) in [6, 6.07) is 0. The summed E-state index contributed by atoms with van der Waals surface area (Å²) < 4.78 is 4.11. The number of ether oxygens (including phenoxy) is 1. The molecule has 40 valence electrons. The molecule has 7 heavy (non-hydrogen) atoms. The molecule has 2 nitrogen and oxygen atoms in total. The van der Waals surface area contributed by atoms with Gasteiger partial charge in [0, 0.05) is 26.4 Å². The van der Waals surface area contributed by atoms with Gasteiger partial charge >= 0.3 is 5.97 Å². The zero-order valence-corrected chi connectivity index (χ0v) is 9.11. The maximum atomic E-state index is 9.59. The first-order valence-corrected chi connectivity index (χ1v) is 1.32. The van der Waals surface area contributed by atoms with Crippen LogP contribution in [0.2, 0.25) is 0 Å². The van der Waals surface area contributed by atoms with Crippen molar-refractivity contribution in [3.63, 3.8) is 0 Å². The minimum absolute atomic E-state index is 0. The molecule has 0 radical (unpaired) electrons. The Morgan fingerprint density at radius 1 is 1.57 bits per heavy atom. The third-order valence-corrected chi connectivity index (χ3v) is 0.287. The fourth-order valence-electron chi connectivity index (χ4n) is 0. The third-order valence-electron chi connectivity index (χ3n) is 0.287. The first-order chi connectivity index (χ1) is 2.27. The molecule has 0 aromatic rings. The third kappa shape index (κ3) is 20.8. The van der Waals surface area contributed by atoms with Crippen LogP contribution in [0.15, 0.2) is 0 Å². The molecule has 0 aliphatic carbocycles. The van der Waals surface area contributed by atoms with E-state index in [9.17, 15) is 4.79 Å². The van der Waals surface area contributed by atoms with E-state index in [1.807, 2.05) is 0 Å². The Morgan fingerprint density at radius 3 is 1.71 bits per heavy atom. The smallest absolute Gasteiger partial charge is 0.302 e. The van der Waals surface area contributed by atoms with Crippen LogP contribution in [0.3, 0.4) is 0 Å². The number of esters is 1. The van der Waals surface area contributed by atoms with Gasteiger partial charge in [-0.1, -0.05) is 0 Å². The van der Waals surface area contributed by atoms with Crippen LogP contribution in [0.4, 0.5) is 0 Å². The number of carbonyl (C=O) groups is 1. The van der Waals surface area contributed by atoms with Gasteiger partial charge in [-0.2, -0.15) is 0 Å². The van der Waals surface area contributed by atoms with Gasteiger partial charge in [-0.3, -0.25) is 4.79 Å². The van der Waals surface area contributed by atoms with Crippen LogP contribution in [-0.4, -0.2) is 13.1 Å². The standard InChI is InChI=1S/C3H6O2.BrH.Zn/c1-3(4)5-2;;/h1-2H3;1H;. The molecule has 0 spiro atoms. The molecular formula is C3H7BrO2Zn. The molecule has 0 amide bonds. The second-order valence-corrected chi connectivity index (χ2v) is 0.696. The number of hydrogen-bond acceptors (Lipinski definition) is 2. The molecular weight excluding hydrogens is 213 g/mol. The van der Waals surface area contributed by atoms with E-state index < -0.39 is 0 Å². The van der Waals surface area contributed by atoms with Crippen molar-refractivity contribution in [2.75, 3.05) is 7.11 Å². The second kappa shape index (κ2) is 9.76. The molecule has 0 atom stereocenters. The quantitative estimate of drug-likeness (QED) is 0.445. The Hall–Kier alpha value is 0.573. The molecule has 4 heteroatoms. The van der Waals surface area contributed by atoms with Gasteiger partial charge in [0.15, 0.2) is 0 Å². The molecule has 0 aromatic carbocycles. The maximum Gasteiger partial charge on any atom is 0.302 e. The van der Waals surface area contributed by atoms with Crippen LogP contribution in [0, 0.1) is 0 Å². The predicted molar refractivity (Wildman–Crippen MR) is 28.0 cm³/mol.